The SMILES string of the molecule is CCCCc1cc(F)c(C#Cc2cc(F)c3c(F)c(F)c(F)cc3c2)c(F)c1. The summed E-state index contributed by atoms with van der Waals surface area (Å²) < 4.78 is 82.9. The Hall–Kier alpha value is -2.94. The number of hydrogen-bond acceptors (Lipinski definition) is 0. The van der Waals surface area contributed by atoms with E-state index in [1.165, 1.54) is 12.1 Å². The number of fused-ring (bicyclic) bond motifs is 1. The quantitative estimate of drug-likeness (QED) is 0.274. The average molecular weight is 392 g/mol. The first kappa shape index (κ1) is 19.8. The van der Waals surface area contributed by atoms with Gasteiger partial charge in [0, 0.05) is 5.56 Å². The number of benzene rings is 3. The van der Waals surface area contributed by atoms with Crippen molar-refractivity contribution in [3.8, 4) is 11.8 Å². The molecule has 0 saturated carbocycles. The molecule has 3 aromatic carbocycles. The number of halogens is 6. The number of aryl methyl sites for hydroxylation is 1. The fraction of sp³-hybridized carbons (Fsp3) is 0.182. The van der Waals surface area contributed by atoms with Gasteiger partial charge in [-0.2, -0.15) is 0 Å². The summed E-state index contributed by atoms with van der Waals surface area (Å²) in [5.41, 5.74) is -0.0476. The normalized spacial score (nSPS) is 10.8. The van der Waals surface area contributed by atoms with Crippen LogP contribution >= 0.6 is 0 Å². The van der Waals surface area contributed by atoms with Gasteiger partial charge >= 0.3 is 0 Å². The second-order valence-corrected chi connectivity index (χ2v) is 6.33. The molecule has 0 nitrogen and oxygen atoms in total. The first-order valence-corrected chi connectivity index (χ1v) is 8.58. The molecule has 144 valence electrons. The van der Waals surface area contributed by atoms with E-state index >= 15 is 0 Å². The molecule has 0 spiro atoms. The number of hydrogen-bond donors (Lipinski definition) is 0. The van der Waals surface area contributed by atoms with Crippen LogP contribution in [-0.4, -0.2) is 0 Å². The Labute approximate surface area is 157 Å². The van der Waals surface area contributed by atoms with Crippen LogP contribution in [0.2, 0.25) is 0 Å². The van der Waals surface area contributed by atoms with Crippen molar-refractivity contribution in [2.75, 3.05) is 0 Å². The lowest BCUT2D eigenvalue weighted by Gasteiger charge is -2.05. The molecule has 3 rings (SSSR count). The largest absolute Gasteiger partial charge is 0.206 e. The highest BCUT2D eigenvalue weighted by atomic mass is 19.2. The zero-order valence-electron chi connectivity index (χ0n) is 14.8. The van der Waals surface area contributed by atoms with Crippen LogP contribution in [0.15, 0.2) is 30.3 Å². The van der Waals surface area contributed by atoms with Gasteiger partial charge in [0.1, 0.15) is 17.5 Å². The molecule has 0 unspecified atom stereocenters. The maximum atomic E-state index is 14.2. The molecular formula is C22H14F6. The van der Waals surface area contributed by atoms with Gasteiger partial charge in [-0.1, -0.05) is 25.2 Å². The molecule has 0 N–H and O–H groups in total. The number of unbranched alkanes of at least 4 members (excludes halogenated alkanes) is 1. The fourth-order valence-corrected chi connectivity index (χ4v) is 2.86. The van der Waals surface area contributed by atoms with Crippen LogP contribution in [0.3, 0.4) is 0 Å². The molecule has 0 bridgehead atoms. The highest BCUT2D eigenvalue weighted by Gasteiger charge is 2.17. The molecule has 0 aromatic heterocycles. The molecule has 0 atom stereocenters. The lowest BCUT2D eigenvalue weighted by atomic mass is 10.0. The van der Waals surface area contributed by atoms with Crippen molar-refractivity contribution in [1.29, 1.82) is 0 Å². The number of rotatable bonds is 3. The lowest BCUT2D eigenvalue weighted by molar-refractivity contribution is 0.451. The van der Waals surface area contributed by atoms with Gasteiger partial charge in [-0.3, -0.25) is 0 Å². The predicted octanol–water partition coefficient (Wildman–Crippen LogP) is 6.42. The highest BCUT2D eigenvalue weighted by Crippen LogP contribution is 2.27. The first-order chi connectivity index (χ1) is 13.3. The Morgan fingerprint density at radius 3 is 2.04 bits per heavy atom. The van der Waals surface area contributed by atoms with E-state index in [4.69, 9.17) is 0 Å². The van der Waals surface area contributed by atoms with Crippen molar-refractivity contribution in [3.05, 3.63) is 81.9 Å². The van der Waals surface area contributed by atoms with Gasteiger partial charge in [0.2, 0.25) is 0 Å². The monoisotopic (exact) mass is 392 g/mol. The molecule has 0 fully saturated rings. The van der Waals surface area contributed by atoms with E-state index in [-0.39, 0.29) is 10.9 Å². The minimum Gasteiger partial charge on any atom is -0.206 e. The summed E-state index contributed by atoms with van der Waals surface area (Å²) in [4.78, 5) is 0. The minimum atomic E-state index is -1.78. The lowest BCUT2D eigenvalue weighted by Crippen LogP contribution is -1.96. The topological polar surface area (TPSA) is 0 Å². The molecule has 3 aromatic rings. The zero-order valence-corrected chi connectivity index (χ0v) is 14.8. The van der Waals surface area contributed by atoms with Gasteiger partial charge in [-0.05, 0) is 54.1 Å². The van der Waals surface area contributed by atoms with E-state index in [9.17, 15) is 26.3 Å². The minimum absolute atomic E-state index is 0.0655. The van der Waals surface area contributed by atoms with E-state index in [1.807, 2.05) is 6.92 Å². The van der Waals surface area contributed by atoms with Crippen LogP contribution in [0.1, 0.15) is 36.5 Å². The smallest absolute Gasteiger partial charge is 0.195 e. The van der Waals surface area contributed by atoms with Crippen molar-refractivity contribution in [1.82, 2.24) is 0 Å². The second-order valence-electron chi connectivity index (χ2n) is 6.33. The molecule has 6 heteroatoms. The van der Waals surface area contributed by atoms with Gasteiger partial charge in [0.05, 0.1) is 10.9 Å². The van der Waals surface area contributed by atoms with Gasteiger partial charge in [0.25, 0.3) is 0 Å². The van der Waals surface area contributed by atoms with Crippen LogP contribution < -0.4 is 0 Å². The molecule has 0 heterocycles. The summed E-state index contributed by atoms with van der Waals surface area (Å²) in [5, 5.41) is -0.973. The van der Waals surface area contributed by atoms with Crippen molar-refractivity contribution < 1.29 is 26.3 Å². The van der Waals surface area contributed by atoms with Crippen molar-refractivity contribution in [3.63, 3.8) is 0 Å². The predicted molar refractivity (Wildman–Crippen MR) is 94.7 cm³/mol. The van der Waals surface area contributed by atoms with Crippen molar-refractivity contribution in [2.45, 2.75) is 26.2 Å². The molecule has 0 aliphatic carbocycles. The van der Waals surface area contributed by atoms with Gasteiger partial charge in [-0.25, -0.2) is 26.3 Å². The molecule has 0 aliphatic heterocycles. The van der Waals surface area contributed by atoms with E-state index in [1.54, 1.807) is 0 Å². The summed E-state index contributed by atoms with van der Waals surface area (Å²) in [6.45, 7) is 1.96. The third kappa shape index (κ3) is 3.84. The van der Waals surface area contributed by atoms with Crippen LogP contribution in [-0.2, 0) is 6.42 Å². The fourth-order valence-electron chi connectivity index (χ4n) is 2.86. The maximum absolute atomic E-state index is 14.2. The Morgan fingerprint density at radius 2 is 1.39 bits per heavy atom. The molecular weight excluding hydrogens is 378 g/mol. The molecule has 0 aliphatic rings. The summed E-state index contributed by atoms with van der Waals surface area (Å²) in [5.74, 6) is -3.09. The highest BCUT2D eigenvalue weighted by molar-refractivity contribution is 5.85. The third-order valence-corrected chi connectivity index (χ3v) is 4.28. The molecule has 0 radical (unpaired) electrons. The molecule has 0 amide bonds. The summed E-state index contributed by atoms with van der Waals surface area (Å²) in [7, 11) is 0. The van der Waals surface area contributed by atoms with Crippen molar-refractivity contribution >= 4 is 10.8 Å². The van der Waals surface area contributed by atoms with E-state index in [2.05, 4.69) is 11.8 Å². The average Bonchev–Trinajstić information content (AvgIpc) is 2.63. The third-order valence-electron chi connectivity index (χ3n) is 4.28. The summed E-state index contributed by atoms with van der Waals surface area (Å²) in [6, 6.07) is 4.92. The Kier molecular flexibility index (Phi) is 5.64. The van der Waals surface area contributed by atoms with E-state index in [0.29, 0.717) is 18.1 Å². The zero-order chi connectivity index (χ0) is 20.4. The first-order valence-electron chi connectivity index (χ1n) is 8.58. The van der Waals surface area contributed by atoms with Crippen LogP contribution in [0.4, 0.5) is 26.3 Å². The standard InChI is InChI=1S/C22H14F6/c1-2-3-4-12-8-16(23)15(17(24)9-12)6-5-13-7-14-11-19(26)21(27)22(28)20(14)18(25)10-13/h7-11H,2-4H2,1H3. The van der Waals surface area contributed by atoms with Crippen LogP contribution in [0.5, 0.6) is 0 Å². The summed E-state index contributed by atoms with van der Waals surface area (Å²) in [6.07, 6.45) is 2.19. The van der Waals surface area contributed by atoms with Gasteiger partial charge in [0.15, 0.2) is 17.5 Å². The molecule has 0 saturated heterocycles. The van der Waals surface area contributed by atoms with Crippen LogP contribution in [0, 0.1) is 46.7 Å². The Balaban J connectivity index is 2.03. The second kappa shape index (κ2) is 7.97. The summed E-state index contributed by atoms with van der Waals surface area (Å²) >= 11 is 0. The van der Waals surface area contributed by atoms with Crippen LogP contribution in [0.25, 0.3) is 10.8 Å². The van der Waals surface area contributed by atoms with Crippen molar-refractivity contribution in [2.24, 2.45) is 0 Å². The van der Waals surface area contributed by atoms with Gasteiger partial charge in [-0.15, -0.1) is 0 Å². The Morgan fingerprint density at radius 1 is 0.714 bits per heavy atom. The maximum Gasteiger partial charge on any atom is 0.195 e. The van der Waals surface area contributed by atoms with E-state index in [0.717, 1.165) is 25.0 Å². The van der Waals surface area contributed by atoms with E-state index < -0.39 is 45.9 Å². The Bertz CT molecular complexity index is 1100. The molecule has 28 heavy (non-hydrogen) atoms. The van der Waals surface area contributed by atoms with Gasteiger partial charge < -0.3 is 0 Å².